The van der Waals surface area contributed by atoms with Gasteiger partial charge in [-0.25, -0.2) is 13.6 Å². The van der Waals surface area contributed by atoms with Crippen LogP contribution in [0.3, 0.4) is 0 Å². The van der Waals surface area contributed by atoms with E-state index in [2.05, 4.69) is 0 Å². The van der Waals surface area contributed by atoms with E-state index in [1.807, 2.05) is 13.8 Å². The number of ketones is 1. The molecule has 7 heteroatoms. The van der Waals surface area contributed by atoms with E-state index in [1.165, 1.54) is 6.07 Å². The number of carbonyl (C=O) groups is 2. The lowest BCUT2D eigenvalue weighted by molar-refractivity contribution is -0.139. The summed E-state index contributed by atoms with van der Waals surface area (Å²) in [6.45, 7) is 5.56. The number of allylic oxidation sites excluding steroid dienone is 2. The number of hydrogen-bond acceptors (Lipinski definition) is 5. The molecule has 2 aliphatic rings. The van der Waals surface area contributed by atoms with E-state index in [4.69, 9.17) is 15.2 Å². The first-order valence-electron chi connectivity index (χ1n) is 8.70. The van der Waals surface area contributed by atoms with Crippen LogP contribution >= 0.6 is 0 Å². The number of benzene rings is 1. The summed E-state index contributed by atoms with van der Waals surface area (Å²) in [7, 11) is 0. The summed E-state index contributed by atoms with van der Waals surface area (Å²) >= 11 is 0. The Morgan fingerprint density at radius 1 is 1.30 bits per heavy atom. The third-order valence-electron chi connectivity index (χ3n) is 4.73. The molecule has 5 nitrogen and oxygen atoms in total. The van der Waals surface area contributed by atoms with Gasteiger partial charge in [-0.3, -0.25) is 4.79 Å². The van der Waals surface area contributed by atoms with E-state index in [1.54, 1.807) is 6.92 Å². The number of esters is 1. The first kappa shape index (κ1) is 19.1. The van der Waals surface area contributed by atoms with Gasteiger partial charge in [-0.15, -0.1) is 0 Å². The fourth-order valence-electron chi connectivity index (χ4n) is 3.62. The fourth-order valence-corrected chi connectivity index (χ4v) is 3.62. The molecule has 2 N–H and O–H groups in total. The largest absolute Gasteiger partial charge is 0.462 e. The monoisotopic (exact) mass is 377 g/mol. The van der Waals surface area contributed by atoms with E-state index in [-0.39, 0.29) is 46.8 Å². The summed E-state index contributed by atoms with van der Waals surface area (Å²) in [4.78, 5) is 25.4. The Balaban J connectivity index is 2.20. The standard InChI is InChI=1S/C20H21F2NO4/c1-4-26-19(25)17-15(10-5-6-11(21)12(22)7-10)16-13(24)8-20(2,3)9-14(16)27-18(17)23/h5-7,15H,4,8-9,23H2,1-3H3/t15-/m0/s1. The van der Waals surface area contributed by atoms with Crippen LogP contribution in [0.1, 0.15) is 45.1 Å². The average molecular weight is 377 g/mol. The van der Waals surface area contributed by atoms with Crippen LogP contribution in [0, 0.1) is 17.0 Å². The van der Waals surface area contributed by atoms with Crippen LogP contribution < -0.4 is 5.73 Å². The second-order valence-electron chi connectivity index (χ2n) is 7.48. The summed E-state index contributed by atoms with van der Waals surface area (Å²) in [6.07, 6.45) is 0.677. The summed E-state index contributed by atoms with van der Waals surface area (Å²) in [6, 6.07) is 3.25. The molecule has 1 atom stereocenters. The van der Waals surface area contributed by atoms with Crippen molar-refractivity contribution in [1.82, 2.24) is 0 Å². The Morgan fingerprint density at radius 2 is 2.00 bits per heavy atom. The van der Waals surface area contributed by atoms with Crippen molar-refractivity contribution in [2.75, 3.05) is 6.61 Å². The predicted molar refractivity (Wildman–Crippen MR) is 93.1 cm³/mol. The number of nitrogens with two attached hydrogens (primary N) is 1. The number of rotatable bonds is 3. The van der Waals surface area contributed by atoms with Crippen LogP contribution in [-0.2, 0) is 19.1 Å². The van der Waals surface area contributed by atoms with E-state index < -0.39 is 23.5 Å². The number of ether oxygens (including phenoxy) is 2. The highest BCUT2D eigenvalue weighted by Crippen LogP contribution is 2.48. The summed E-state index contributed by atoms with van der Waals surface area (Å²) in [5, 5.41) is 0. The predicted octanol–water partition coefficient (Wildman–Crippen LogP) is 3.46. The van der Waals surface area contributed by atoms with Crippen molar-refractivity contribution in [3.05, 3.63) is 58.2 Å². The number of Topliss-reactive ketones (excluding diaryl/α,β-unsaturated/α-hetero) is 1. The lowest BCUT2D eigenvalue weighted by Crippen LogP contribution is -2.35. The van der Waals surface area contributed by atoms with Gasteiger partial charge >= 0.3 is 5.97 Å². The molecular formula is C20H21F2NO4. The minimum absolute atomic E-state index is 0.0744. The first-order valence-corrected chi connectivity index (χ1v) is 8.70. The van der Waals surface area contributed by atoms with Crippen molar-refractivity contribution in [2.45, 2.75) is 39.5 Å². The molecule has 27 heavy (non-hydrogen) atoms. The third kappa shape index (κ3) is 3.46. The van der Waals surface area contributed by atoms with Crippen LogP contribution in [0.2, 0.25) is 0 Å². The van der Waals surface area contributed by atoms with Gasteiger partial charge in [0.15, 0.2) is 17.4 Å². The Hall–Kier alpha value is -2.70. The van der Waals surface area contributed by atoms with Gasteiger partial charge in [0.2, 0.25) is 5.88 Å². The highest BCUT2D eigenvalue weighted by Gasteiger charge is 2.45. The van der Waals surface area contributed by atoms with Crippen LogP contribution in [0.4, 0.5) is 8.78 Å². The fraction of sp³-hybridized carbons (Fsp3) is 0.400. The number of hydrogen-bond donors (Lipinski definition) is 1. The molecule has 3 rings (SSSR count). The Labute approximate surface area is 155 Å². The molecule has 0 radical (unpaired) electrons. The minimum atomic E-state index is -1.08. The van der Waals surface area contributed by atoms with E-state index >= 15 is 0 Å². The number of halogens is 2. The van der Waals surface area contributed by atoms with Crippen LogP contribution in [0.15, 0.2) is 41.0 Å². The highest BCUT2D eigenvalue weighted by molar-refractivity contribution is 6.03. The Morgan fingerprint density at radius 3 is 2.63 bits per heavy atom. The molecule has 144 valence electrons. The number of carbonyl (C=O) groups excluding carboxylic acids is 2. The van der Waals surface area contributed by atoms with Gasteiger partial charge < -0.3 is 15.2 Å². The molecule has 1 aromatic rings. The van der Waals surface area contributed by atoms with Gasteiger partial charge in [-0.05, 0) is 30.0 Å². The van der Waals surface area contributed by atoms with Crippen molar-refractivity contribution >= 4 is 11.8 Å². The molecule has 1 aliphatic heterocycles. The second-order valence-corrected chi connectivity index (χ2v) is 7.48. The third-order valence-corrected chi connectivity index (χ3v) is 4.73. The lowest BCUT2D eigenvalue weighted by Gasteiger charge is -2.37. The van der Waals surface area contributed by atoms with Crippen LogP contribution in [0.5, 0.6) is 0 Å². The molecule has 0 saturated heterocycles. The van der Waals surface area contributed by atoms with Crippen LogP contribution in [0.25, 0.3) is 0 Å². The smallest absolute Gasteiger partial charge is 0.340 e. The molecule has 1 aliphatic carbocycles. The van der Waals surface area contributed by atoms with Gasteiger partial charge in [0.1, 0.15) is 11.3 Å². The first-order chi connectivity index (χ1) is 12.6. The van der Waals surface area contributed by atoms with Gasteiger partial charge in [-0.2, -0.15) is 0 Å². The quantitative estimate of drug-likeness (QED) is 0.816. The lowest BCUT2D eigenvalue weighted by atomic mass is 9.70. The summed E-state index contributed by atoms with van der Waals surface area (Å²) < 4.78 is 38.0. The SMILES string of the molecule is CCOC(=O)C1=C(N)OC2=C(C(=O)CC(C)(C)C2)[C@@H]1c1ccc(F)c(F)c1. The zero-order valence-electron chi connectivity index (χ0n) is 15.4. The maximum Gasteiger partial charge on any atom is 0.340 e. The van der Waals surface area contributed by atoms with E-state index in [0.29, 0.717) is 12.2 Å². The van der Waals surface area contributed by atoms with E-state index in [9.17, 15) is 18.4 Å². The maximum absolute atomic E-state index is 13.9. The molecule has 1 heterocycles. The topological polar surface area (TPSA) is 78.6 Å². The van der Waals surface area contributed by atoms with Gasteiger partial charge in [0.05, 0.1) is 12.5 Å². The molecule has 0 unspecified atom stereocenters. The van der Waals surface area contributed by atoms with Gasteiger partial charge in [0.25, 0.3) is 0 Å². The highest BCUT2D eigenvalue weighted by atomic mass is 19.2. The molecule has 0 spiro atoms. The summed E-state index contributed by atoms with van der Waals surface area (Å²) in [5.74, 6) is -3.87. The second kappa shape index (κ2) is 6.79. The van der Waals surface area contributed by atoms with Gasteiger partial charge in [0, 0.05) is 18.4 Å². The van der Waals surface area contributed by atoms with Crippen molar-refractivity contribution < 1.29 is 27.8 Å². The molecular weight excluding hydrogens is 356 g/mol. The molecule has 0 saturated carbocycles. The van der Waals surface area contributed by atoms with Gasteiger partial charge in [-0.1, -0.05) is 19.9 Å². The maximum atomic E-state index is 13.9. The molecule has 1 aromatic carbocycles. The molecule has 0 fully saturated rings. The zero-order chi connectivity index (χ0) is 19.9. The zero-order valence-corrected chi connectivity index (χ0v) is 15.4. The average Bonchev–Trinajstić information content (AvgIpc) is 2.55. The minimum Gasteiger partial charge on any atom is -0.462 e. The van der Waals surface area contributed by atoms with Crippen molar-refractivity contribution in [3.63, 3.8) is 0 Å². The Kier molecular flexibility index (Phi) is 4.80. The summed E-state index contributed by atoms with van der Waals surface area (Å²) in [5.41, 5.74) is 6.07. The normalized spacial score (nSPS) is 21.7. The van der Waals surface area contributed by atoms with E-state index in [0.717, 1.165) is 12.1 Å². The van der Waals surface area contributed by atoms with Crippen molar-refractivity contribution in [2.24, 2.45) is 11.1 Å². The molecule has 0 amide bonds. The van der Waals surface area contributed by atoms with Crippen molar-refractivity contribution in [3.8, 4) is 0 Å². The van der Waals surface area contributed by atoms with Crippen molar-refractivity contribution in [1.29, 1.82) is 0 Å². The Bertz CT molecular complexity index is 886. The molecule has 0 bridgehead atoms. The molecule has 0 aromatic heterocycles. The van der Waals surface area contributed by atoms with Crippen LogP contribution in [-0.4, -0.2) is 18.4 Å².